The highest BCUT2D eigenvalue weighted by atomic mass is 16.5. The third-order valence-electron chi connectivity index (χ3n) is 3.77. The van der Waals surface area contributed by atoms with Crippen molar-refractivity contribution in [3.05, 3.63) is 35.9 Å². The summed E-state index contributed by atoms with van der Waals surface area (Å²) in [6, 6.07) is 8.67. The number of carbonyl (C=O) groups excluding carboxylic acids is 1. The van der Waals surface area contributed by atoms with Crippen LogP contribution in [0, 0.1) is 0 Å². The summed E-state index contributed by atoms with van der Waals surface area (Å²) < 4.78 is 4.64. The quantitative estimate of drug-likeness (QED) is 0.674. The van der Waals surface area contributed by atoms with Gasteiger partial charge in [0.1, 0.15) is 0 Å². The number of hydrogen-bond acceptors (Lipinski definition) is 4. The fraction of sp³-hybridized carbons (Fsp3) is 0.438. The van der Waals surface area contributed by atoms with Gasteiger partial charge in [0, 0.05) is 24.9 Å². The van der Waals surface area contributed by atoms with Gasteiger partial charge in [0.25, 0.3) is 0 Å². The molecule has 0 spiro atoms. The lowest BCUT2D eigenvalue weighted by Gasteiger charge is -2.34. The molecule has 1 aromatic carbocycles. The highest BCUT2D eigenvalue weighted by molar-refractivity contribution is 5.88. The monoisotopic (exact) mass is 274 g/mol. The molecule has 108 valence electrons. The number of anilines is 1. The van der Waals surface area contributed by atoms with Gasteiger partial charge in [0.15, 0.2) is 0 Å². The van der Waals surface area contributed by atoms with E-state index < -0.39 is 0 Å². The number of benzene rings is 1. The number of ether oxygens (including phenoxy) is 1. The Labute approximate surface area is 120 Å². The summed E-state index contributed by atoms with van der Waals surface area (Å²) in [5, 5.41) is 3.38. The number of methoxy groups -OCH3 is 1. The minimum absolute atomic E-state index is 0.329. The SMILES string of the molecule is COC(=O)/C=C/c1ccccc1N(C)C1CCNCC1. The van der Waals surface area contributed by atoms with E-state index in [1.807, 2.05) is 24.3 Å². The minimum atomic E-state index is -0.329. The van der Waals surface area contributed by atoms with Crippen LogP contribution in [0.4, 0.5) is 5.69 Å². The maximum atomic E-state index is 11.2. The van der Waals surface area contributed by atoms with E-state index in [4.69, 9.17) is 0 Å². The number of esters is 1. The van der Waals surface area contributed by atoms with Crippen LogP contribution in [0.3, 0.4) is 0 Å². The molecule has 1 fully saturated rings. The normalized spacial score (nSPS) is 16.3. The van der Waals surface area contributed by atoms with E-state index in [-0.39, 0.29) is 5.97 Å². The lowest BCUT2D eigenvalue weighted by molar-refractivity contribution is -0.134. The molecule has 1 saturated heterocycles. The first-order valence-electron chi connectivity index (χ1n) is 7.01. The largest absolute Gasteiger partial charge is 0.466 e. The molecule has 0 unspecified atom stereocenters. The summed E-state index contributed by atoms with van der Waals surface area (Å²) in [7, 11) is 3.51. The number of nitrogens with one attached hydrogen (secondary N) is 1. The molecule has 0 saturated carbocycles. The van der Waals surface area contributed by atoms with Crippen molar-refractivity contribution in [2.24, 2.45) is 0 Å². The number of rotatable bonds is 4. The number of para-hydroxylation sites is 1. The van der Waals surface area contributed by atoms with E-state index in [9.17, 15) is 4.79 Å². The molecule has 1 N–H and O–H groups in total. The maximum absolute atomic E-state index is 11.2. The standard InChI is InChI=1S/C16H22N2O2/c1-18(14-9-11-17-12-10-14)15-6-4-3-5-13(15)7-8-16(19)20-2/h3-8,14,17H,9-12H2,1-2H3/b8-7+. The Balaban J connectivity index is 2.18. The van der Waals surface area contributed by atoms with Gasteiger partial charge in [-0.25, -0.2) is 4.79 Å². The van der Waals surface area contributed by atoms with Gasteiger partial charge in [-0.05, 0) is 43.6 Å². The third-order valence-corrected chi connectivity index (χ3v) is 3.77. The summed E-state index contributed by atoms with van der Waals surface area (Å²) in [6.07, 6.45) is 5.57. The van der Waals surface area contributed by atoms with E-state index in [0.717, 1.165) is 37.2 Å². The molecule has 2 rings (SSSR count). The van der Waals surface area contributed by atoms with Crippen molar-refractivity contribution in [2.45, 2.75) is 18.9 Å². The van der Waals surface area contributed by atoms with Crippen LogP contribution >= 0.6 is 0 Å². The van der Waals surface area contributed by atoms with Crippen molar-refractivity contribution in [2.75, 3.05) is 32.1 Å². The number of carbonyl (C=O) groups is 1. The molecule has 0 amide bonds. The maximum Gasteiger partial charge on any atom is 0.330 e. The summed E-state index contributed by atoms with van der Waals surface area (Å²) in [6.45, 7) is 2.13. The highest BCUT2D eigenvalue weighted by Crippen LogP contribution is 2.25. The molecule has 1 aliphatic rings. The van der Waals surface area contributed by atoms with Crippen LogP contribution in [-0.4, -0.2) is 39.3 Å². The van der Waals surface area contributed by atoms with Crippen molar-refractivity contribution < 1.29 is 9.53 Å². The van der Waals surface area contributed by atoms with E-state index in [1.54, 1.807) is 0 Å². The zero-order valence-corrected chi connectivity index (χ0v) is 12.1. The van der Waals surface area contributed by atoms with Crippen molar-refractivity contribution in [3.63, 3.8) is 0 Å². The van der Waals surface area contributed by atoms with E-state index >= 15 is 0 Å². The molecule has 0 aromatic heterocycles. The number of hydrogen-bond donors (Lipinski definition) is 1. The average molecular weight is 274 g/mol. The lowest BCUT2D eigenvalue weighted by Crippen LogP contribution is -2.41. The van der Waals surface area contributed by atoms with Gasteiger partial charge in [-0.3, -0.25) is 0 Å². The lowest BCUT2D eigenvalue weighted by atomic mass is 10.0. The van der Waals surface area contributed by atoms with E-state index in [1.165, 1.54) is 13.2 Å². The molecule has 0 atom stereocenters. The Morgan fingerprint density at radius 3 is 2.75 bits per heavy atom. The second-order valence-corrected chi connectivity index (χ2v) is 5.01. The zero-order chi connectivity index (χ0) is 14.4. The molecule has 20 heavy (non-hydrogen) atoms. The number of piperidine rings is 1. The first kappa shape index (κ1) is 14.6. The van der Waals surface area contributed by atoms with Crippen LogP contribution in [0.2, 0.25) is 0 Å². The van der Waals surface area contributed by atoms with Gasteiger partial charge < -0.3 is 15.0 Å². The molecule has 4 nitrogen and oxygen atoms in total. The topological polar surface area (TPSA) is 41.6 Å². The summed E-state index contributed by atoms with van der Waals surface area (Å²) in [4.78, 5) is 13.6. The van der Waals surface area contributed by atoms with Gasteiger partial charge in [-0.2, -0.15) is 0 Å². The van der Waals surface area contributed by atoms with Crippen molar-refractivity contribution in [1.29, 1.82) is 0 Å². The average Bonchev–Trinajstić information content (AvgIpc) is 2.53. The van der Waals surface area contributed by atoms with Crippen molar-refractivity contribution in [1.82, 2.24) is 5.32 Å². The molecule has 1 aromatic rings. The van der Waals surface area contributed by atoms with Crippen LogP contribution in [0.25, 0.3) is 6.08 Å². The van der Waals surface area contributed by atoms with Gasteiger partial charge in [0.2, 0.25) is 0 Å². The second-order valence-electron chi connectivity index (χ2n) is 5.01. The molecular weight excluding hydrogens is 252 g/mol. The molecular formula is C16H22N2O2. The summed E-state index contributed by atoms with van der Waals surface area (Å²) in [5.74, 6) is -0.329. The predicted molar refractivity (Wildman–Crippen MR) is 81.8 cm³/mol. The fourth-order valence-corrected chi connectivity index (χ4v) is 2.57. The molecule has 0 radical (unpaired) electrons. The van der Waals surface area contributed by atoms with E-state index in [0.29, 0.717) is 6.04 Å². The molecule has 1 heterocycles. The third kappa shape index (κ3) is 3.61. The summed E-state index contributed by atoms with van der Waals surface area (Å²) in [5.41, 5.74) is 2.19. The molecule has 1 aliphatic heterocycles. The Morgan fingerprint density at radius 2 is 2.05 bits per heavy atom. The van der Waals surface area contributed by atoms with Crippen molar-refractivity contribution >= 4 is 17.7 Å². The molecule has 4 heteroatoms. The fourth-order valence-electron chi connectivity index (χ4n) is 2.57. The van der Waals surface area contributed by atoms with Crippen LogP contribution in [0.5, 0.6) is 0 Å². The summed E-state index contributed by atoms with van der Waals surface area (Å²) >= 11 is 0. The molecule has 0 aliphatic carbocycles. The van der Waals surface area contributed by atoms with Gasteiger partial charge in [0.05, 0.1) is 7.11 Å². The number of nitrogens with zero attached hydrogens (tertiary/aromatic N) is 1. The Morgan fingerprint density at radius 1 is 1.35 bits per heavy atom. The van der Waals surface area contributed by atoms with Crippen LogP contribution in [-0.2, 0) is 9.53 Å². The Hall–Kier alpha value is -1.81. The molecule has 0 bridgehead atoms. The van der Waals surface area contributed by atoms with Crippen LogP contribution in [0.1, 0.15) is 18.4 Å². The second kappa shape index (κ2) is 7.10. The zero-order valence-electron chi connectivity index (χ0n) is 12.1. The van der Waals surface area contributed by atoms with Gasteiger partial charge in [-0.1, -0.05) is 18.2 Å². The smallest absolute Gasteiger partial charge is 0.330 e. The highest BCUT2D eigenvalue weighted by Gasteiger charge is 2.19. The minimum Gasteiger partial charge on any atom is -0.466 e. The first-order chi connectivity index (χ1) is 9.72. The van der Waals surface area contributed by atoms with Crippen LogP contribution < -0.4 is 10.2 Å². The van der Waals surface area contributed by atoms with Gasteiger partial charge in [-0.15, -0.1) is 0 Å². The Bertz CT molecular complexity index is 479. The van der Waals surface area contributed by atoms with E-state index in [2.05, 4.69) is 28.1 Å². The van der Waals surface area contributed by atoms with Crippen LogP contribution in [0.15, 0.2) is 30.3 Å². The van der Waals surface area contributed by atoms with Crippen molar-refractivity contribution in [3.8, 4) is 0 Å². The Kier molecular flexibility index (Phi) is 5.18. The predicted octanol–water partition coefficient (Wildman–Crippen LogP) is 2.06. The van der Waals surface area contributed by atoms with Gasteiger partial charge >= 0.3 is 5.97 Å². The first-order valence-corrected chi connectivity index (χ1v) is 7.01.